The normalized spacial score (nSPS) is 13.1. The molecule has 0 spiro atoms. The van der Waals surface area contributed by atoms with Crippen molar-refractivity contribution in [1.29, 1.82) is 0 Å². The lowest BCUT2D eigenvalue weighted by molar-refractivity contribution is 0.101. The van der Waals surface area contributed by atoms with E-state index in [0.717, 1.165) is 12.0 Å². The number of phenolic OH excluding ortho intramolecular Hbond substituents is 1. The first-order chi connectivity index (χ1) is 7.62. The van der Waals surface area contributed by atoms with Crippen molar-refractivity contribution < 1.29 is 5.11 Å². The number of phenols is 1. The third-order valence-electron chi connectivity index (χ3n) is 3.51. The van der Waals surface area contributed by atoms with E-state index in [2.05, 4.69) is 41.5 Å². The molecule has 1 nitrogen and oxygen atoms in total. The summed E-state index contributed by atoms with van der Waals surface area (Å²) in [5.41, 5.74) is 1.53. The second-order valence-corrected chi connectivity index (χ2v) is 7.12. The molecule has 0 aliphatic rings. The standard InChI is InChI=1S/C16H26O/c1-15(2,3)14(16(4,5)6)11-12-9-7-8-10-13(12)17/h7-10,14,17H,11H2,1-6H3. The van der Waals surface area contributed by atoms with Crippen LogP contribution in [-0.4, -0.2) is 5.11 Å². The van der Waals surface area contributed by atoms with Gasteiger partial charge in [0.25, 0.3) is 0 Å². The summed E-state index contributed by atoms with van der Waals surface area (Å²) in [6, 6.07) is 7.68. The van der Waals surface area contributed by atoms with Crippen LogP contribution < -0.4 is 0 Å². The number of benzene rings is 1. The van der Waals surface area contributed by atoms with E-state index in [1.807, 2.05) is 18.2 Å². The Morgan fingerprint density at radius 3 is 1.82 bits per heavy atom. The van der Waals surface area contributed by atoms with Crippen LogP contribution in [-0.2, 0) is 6.42 Å². The van der Waals surface area contributed by atoms with Crippen molar-refractivity contribution in [3.05, 3.63) is 29.8 Å². The Morgan fingerprint density at radius 2 is 1.41 bits per heavy atom. The van der Waals surface area contributed by atoms with Gasteiger partial charge in [0.2, 0.25) is 0 Å². The Hall–Kier alpha value is -0.980. The maximum atomic E-state index is 9.89. The second-order valence-electron chi connectivity index (χ2n) is 7.12. The number of para-hydroxylation sites is 1. The van der Waals surface area contributed by atoms with Crippen LogP contribution in [0.4, 0.5) is 0 Å². The molecular formula is C16H26O. The lowest BCUT2D eigenvalue weighted by Gasteiger charge is -2.41. The summed E-state index contributed by atoms with van der Waals surface area (Å²) in [5, 5.41) is 9.89. The first kappa shape index (κ1) is 14.1. The average Bonchev–Trinajstić information content (AvgIpc) is 2.12. The molecule has 0 heterocycles. The molecule has 0 fully saturated rings. The quantitative estimate of drug-likeness (QED) is 0.790. The average molecular weight is 234 g/mol. The van der Waals surface area contributed by atoms with Gasteiger partial charge in [0.05, 0.1) is 0 Å². The molecule has 1 aromatic carbocycles. The fourth-order valence-electron chi connectivity index (χ4n) is 2.81. The third-order valence-corrected chi connectivity index (χ3v) is 3.51. The molecule has 17 heavy (non-hydrogen) atoms. The van der Waals surface area contributed by atoms with Gasteiger partial charge in [-0.2, -0.15) is 0 Å². The monoisotopic (exact) mass is 234 g/mol. The van der Waals surface area contributed by atoms with E-state index in [4.69, 9.17) is 0 Å². The lowest BCUT2D eigenvalue weighted by atomic mass is 9.64. The predicted octanol–water partition coefficient (Wildman–Crippen LogP) is 4.64. The summed E-state index contributed by atoms with van der Waals surface area (Å²) >= 11 is 0. The highest BCUT2D eigenvalue weighted by Gasteiger charge is 2.35. The van der Waals surface area contributed by atoms with Crippen LogP contribution in [0.1, 0.15) is 47.1 Å². The summed E-state index contributed by atoms with van der Waals surface area (Å²) in [6.07, 6.45) is 0.930. The van der Waals surface area contributed by atoms with Gasteiger partial charge in [-0.15, -0.1) is 0 Å². The van der Waals surface area contributed by atoms with Crippen LogP contribution in [0.15, 0.2) is 24.3 Å². The van der Waals surface area contributed by atoms with E-state index in [9.17, 15) is 5.11 Å². The SMILES string of the molecule is CC(C)(C)C(Cc1ccccc1O)C(C)(C)C. The molecule has 0 radical (unpaired) electrons. The minimum atomic E-state index is 0.237. The number of hydrogen-bond acceptors (Lipinski definition) is 1. The first-order valence-corrected chi connectivity index (χ1v) is 6.39. The molecular weight excluding hydrogens is 208 g/mol. The molecule has 0 bridgehead atoms. The molecule has 1 N–H and O–H groups in total. The highest BCUT2D eigenvalue weighted by atomic mass is 16.3. The second kappa shape index (κ2) is 4.72. The van der Waals surface area contributed by atoms with Crippen molar-refractivity contribution in [2.75, 3.05) is 0 Å². The van der Waals surface area contributed by atoms with E-state index in [1.165, 1.54) is 0 Å². The lowest BCUT2D eigenvalue weighted by Crippen LogP contribution is -2.34. The topological polar surface area (TPSA) is 20.2 Å². The Labute approximate surface area is 106 Å². The minimum Gasteiger partial charge on any atom is -0.508 e. The summed E-state index contributed by atoms with van der Waals surface area (Å²) in [4.78, 5) is 0. The maximum absolute atomic E-state index is 9.89. The van der Waals surface area contributed by atoms with Gasteiger partial charge >= 0.3 is 0 Å². The van der Waals surface area contributed by atoms with E-state index in [1.54, 1.807) is 6.07 Å². The third kappa shape index (κ3) is 3.76. The molecule has 0 amide bonds. The van der Waals surface area contributed by atoms with Crippen LogP contribution in [0, 0.1) is 16.7 Å². The smallest absolute Gasteiger partial charge is 0.118 e. The highest BCUT2D eigenvalue weighted by molar-refractivity contribution is 5.32. The van der Waals surface area contributed by atoms with Gasteiger partial charge in [0, 0.05) is 0 Å². The first-order valence-electron chi connectivity index (χ1n) is 6.39. The van der Waals surface area contributed by atoms with Crippen molar-refractivity contribution in [2.45, 2.75) is 48.0 Å². The Balaban J connectivity index is 3.00. The van der Waals surface area contributed by atoms with E-state index in [-0.39, 0.29) is 10.8 Å². The van der Waals surface area contributed by atoms with Crippen molar-refractivity contribution in [3.8, 4) is 5.75 Å². The van der Waals surface area contributed by atoms with Crippen LogP contribution in [0.2, 0.25) is 0 Å². The largest absolute Gasteiger partial charge is 0.508 e. The van der Waals surface area contributed by atoms with Crippen LogP contribution >= 0.6 is 0 Å². The van der Waals surface area contributed by atoms with Crippen LogP contribution in [0.25, 0.3) is 0 Å². The van der Waals surface area contributed by atoms with E-state index in [0.29, 0.717) is 11.7 Å². The molecule has 0 aliphatic carbocycles. The van der Waals surface area contributed by atoms with Gasteiger partial charge in [-0.1, -0.05) is 59.7 Å². The summed E-state index contributed by atoms with van der Waals surface area (Å²) in [6.45, 7) is 13.7. The number of hydrogen-bond donors (Lipinski definition) is 1. The number of rotatable bonds is 2. The molecule has 1 rings (SSSR count). The number of aromatic hydroxyl groups is 1. The Bertz CT molecular complexity index is 352. The van der Waals surface area contributed by atoms with Crippen molar-refractivity contribution in [1.82, 2.24) is 0 Å². The van der Waals surface area contributed by atoms with Crippen molar-refractivity contribution in [2.24, 2.45) is 16.7 Å². The molecule has 1 aromatic rings. The summed E-state index contributed by atoms with van der Waals surface area (Å²) < 4.78 is 0. The zero-order valence-corrected chi connectivity index (χ0v) is 12.0. The Morgan fingerprint density at radius 1 is 0.941 bits per heavy atom. The van der Waals surface area contributed by atoms with Crippen molar-refractivity contribution >= 4 is 0 Å². The maximum Gasteiger partial charge on any atom is 0.118 e. The van der Waals surface area contributed by atoms with Gasteiger partial charge in [-0.3, -0.25) is 0 Å². The van der Waals surface area contributed by atoms with Gasteiger partial charge in [-0.25, -0.2) is 0 Å². The fraction of sp³-hybridized carbons (Fsp3) is 0.625. The Kier molecular flexibility index (Phi) is 3.91. The molecule has 96 valence electrons. The van der Waals surface area contributed by atoms with E-state index >= 15 is 0 Å². The van der Waals surface area contributed by atoms with Gasteiger partial charge < -0.3 is 5.11 Å². The molecule has 0 atom stereocenters. The van der Waals surface area contributed by atoms with Crippen LogP contribution in [0.3, 0.4) is 0 Å². The van der Waals surface area contributed by atoms with E-state index < -0.39 is 0 Å². The highest BCUT2D eigenvalue weighted by Crippen LogP contribution is 2.42. The summed E-state index contributed by atoms with van der Waals surface area (Å²) in [5.74, 6) is 0.953. The zero-order valence-electron chi connectivity index (χ0n) is 12.0. The molecule has 0 unspecified atom stereocenters. The van der Waals surface area contributed by atoms with Crippen molar-refractivity contribution in [3.63, 3.8) is 0 Å². The molecule has 1 heteroatoms. The van der Waals surface area contributed by atoms with Gasteiger partial charge in [0.15, 0.2) is 0 Å². The molecule has 0 saturated carbocycles. The summed E-state index contributed by atoms with van der Waals surface area (Å²) in [7, 11) is 0. The molecule has 0 aromatic heterocycles. The van der Waals surface area contributed by atoms with Gasteiger partial charge in [-0.05, 0) is 34.8 Å². The zero-order chi connectivity index (χ0) is 13.3. The van der Waals surface area contributed by atoms with Gasteiger partial charge in [0.1, 0.15) is 5.75 Å². The minimum absolute atomic E-state index is 0.237. The fourth-order valence-corrected chi connectivity index (χ4v) is 2.81. The molecule has 0 aliphatic heterocycles. The van der Waals surface area contributed by atoms with Crippen LogP contribution in [0.5, 0.6) is 5.75 Å². The predicted molar refractivity (Wildman–Crippen MR) is 74.2 cm³/mol. The molecule has 0 saturated heterocycles.